The standard InChI is InChI=1S/C31H42N5O6P/c1-6-8-18-40-31(37)22(5)35-43(38,42-23-14-10-9-11-15-23)41-19-26(21(3)4)36-27(20-39-7-2)34-28-29(36)24-16-12-13-17-25(24)33-30(28)32/h9-17,21-22,26H,6-8,18-20H2,1-5H3,(H2,32,33)(H,35,38)/t22-,26-,43?/m0/s1. The van der Waals surface area contributed by atoms with E-state index in [1.54, 1.807) is 31.2 Å². The number of anilines is 1. The number of fused-ring (bicyclic) bond motifs is 3. The zero-order valence-corrected chi connectivity index (χ0v) is 26.4. The van der Waals surface area contributed by atoms with Gasteiger partial charge in [0.15, 0.2) is 5.82 Å². The number of pyridine rings is 1. The minimum atomic E-state index is -4.09. The van der Waals surface area contributed by atoms with Gasteiger partial charge in [0.25, 0.3) is 0 Å². The van der Waals surface area contributed by atoms with Crippen LogP contribution in [-0.4, -0.2) is 46.4 Å². The lowest BCUT2D eigenvalue weighted by molar-refractivity contribution is -0.145. The number of imidazole rings is 1. The van der Waals surface area contributed by atoms with Crippen LogP contribution in [0.15, 0.2) is 54.6 Å². The molecule has 0 aliphatic rings. The van der Waals surface area contributed by atoms with Crippen molar-refractivity contribution in [1.29, 1.82) is 0 Å². The van der Waals surface area contributed by atoms with E-state index in [4.69, 9.17) is 29.2 Å². The van der Waals surface area contributed by atoms with Crippen LogP contribution in [0.25, 0.3) is 21.9 Å². The summed E-state index contributed by atoms with van der Waals surface area (Å²) < 4.78 is 39.5. The number of unbranched alkanes of at least 4 members (excludes halogenated alkanes) is 1. The van der Waals surface area contributed by atoms with Crippen molar-refractivity contribution in [2.24, 2.45) is 5.92 Å². The molecule has 3 N–H and O–H groups in total. The van der Waals surface area contributed by atoms with E-state index in [1.807, 2.05) is 62.6 Å². The number of para-hydroxylation sites is 2. The minimum Gasteiger partial charge on any atom is -0.465 e. The summed E-state index contributed by atoms with van der Waals surface area (Å²) >= 11 is 0. The first-order chi connectivity index (χ1) is 20.7. The summed E-state index contributed by atoms with van der Waals surface area (Å²) in [7, 11) is -4.09. The highest BCUT2D eigenvalue weighted by molar-refractivity contribution is 7.52. The molecule has 0 fully saturated rings. The number of nitrogens with two attached hydrogens (primary N) is 1. The van der Waals surface area contributed by atoms with Crippen LogP contribution in [-0.2, 0) is 30.0 Å². The molecule has 1 unspecified atom stereocenters. The van der Waals surface area contributed by atoms with Crippen molar-refractivity contribution in [1.82, 2.24) is 19.6 Å². The molecular weight excluding hydrogens is 569 g/mol. The molecule has 0 bridgehead atoms. The fourth-order valence-corrected chi connectivity index (χ4v) is 6.21. The van der Waals surface area contributed by atoms with Crippen LogP contribution in [0.4, 0.5) is 5.82 Å². The quantitative estimate of drug-likeness (QED) is 0.0828. The van der Waals surface area contributed by atoms with E-state index in [0.29, 0.717) is 29.5 Å². The Hall–Kier alpha value is -3.50. The second-order valence-electron chi connectivity index (χ2n) is 10.6. The lowest BCUT2D eigenvalue weighted by atomic mass is 10.0. The Morgan fingerprint density at radius 1 is 1.05 bits per heavy atom. The average Bonchev–Trinajstić information content (AvgIpc) is 3.36. The SMILES string of the molecule is CCCCOC(=O)[C@H](C)NP(=O)(OC[C@@H](C(C)C)n1c(COCC)nc2c(N)nc3ccccc3c21)Oc1ccccc1. The number of benzene rings is 2. The zero-order valence-electron chi connectivity index (χ0n) is 25.5. The fourth-order valence-electron chi connectivity index (χ4n) is 4.70. The Balaban J connectivity index is 1.72. The normalized spacial score (nSPS) is 14.6. The lowest BCUT2D eigenvalue weighted by Gasteiger charge is -2.29. The molecule has 232 valence electrons. The number of ether oxygens (including phenoxy) is 2. The molecule has 0 radical (unpaired) electrons. The Bertz CT molecular complexity index is 1560. The van der Waals surface area contributed by atoms with Crippen LogP contribution in [0.2, 0.25) is 0 Å². The Kier molecular flexibility index (Phi) is 11.2. The van der Waals surface area contributed by atoms with Gasteiger partial charge < -0.3 is 24.3 Å². The summed E-state index contributed by atoms with van der Waals surface area (Å²) in [4.78, 5) is 22.1. The molecule has 0 saturated carbocycles. The molecule has 11 nitrogen and oxygen atoms in total. The summed E-state index contributed by atoms with van der Waals surface area (Å²) in [6, 6.07) is 15.1. The molecule has 12 heteroatoms. The van der Waals surface area contributed by atoms with Crippen LogP contribution in [0, 0.1) is 5.92 Å². The topological polar surface area (TPSA) is 140 Å². The van der Waals surface area contributed by atoms with Gasteiger partial charge in [0.2, 0.25) is 0 Å². The first-order valence-corrected chi connectivity index (χ1v) is 16.3. The van der Waals surface area contributed by atoms with E-state index in [9.17, 15) is 9.36 Å². The number of carbonyl (C=O) groups excluding carboxylic acids is 1. The molecular formula is C31H42N5O6P. The summed E-state index contributed by atoms with van der Waals surface area (Å²) in [6.45, 7) is 10.6. The maximum Gasteiger partial charge on any atom is 0.459 e. The van der Waals surface area contributed by atoms with Gasteiger partial charge in [-0.3, -0.25) is 9.32 Å². The van der Waals surface area contributed by atoms with Gasteiger partial charge in [-0.25, -0.2) is 14.5 Å². The van der Waals surface area contributed by atoms with E-state index in [-0.39, 0.29) is 31.8 Å². The molecule has 2 heterocycles. The first-order valence-electron chi connectivity index (χ1n) is 14.7. The first kappa shape index (κ1) is 32.4. The van der Waals surface area contributed by atoms with Gasteiger partial charge in [0.05, 0.1) is 30.3 Å². The predicted molar refractivity (Wildman–Crippen MR) is 168 cm³/mol. The largest absolute Gasteiger partial charge is 0.465 e. The van der Waals surface area contributed by atoms with Crippen LogP contribution < -0.4 is 15.3 Å². The fraction of sp³-hybridized carbons (Fsp3) is 0.452. The van der Waals surface area contributed by atoms with Crippen molar-refractivity contribution in [2.75, 3.05) is 25.6 Å². The van der Waals surface area contributed by atoms with E-state index in [2.05, 4.69) is 10.1 Å². The van der Waals surface area contributed by atoms with E-state index >= 15 is 0 Å². The summed E-state index contributed by atoms with van der Waals surface area (Å²) in [5.74, 6) is 0.740. The molecule has 0 aliphatic heterocycles. The van der Waals surface area contributed by atoms with Gasteiger partial charge in [0, 0.05) is 12.0 Å². The van der Waals surface area contributed by atoms with Crippen LogP contribution in [0.5, 0.6) is 5.75 Å². The number of hydrogen-bond donors (Lipinski definition) is 2. The Labute approximate surface area is 252 Å². The third-order valence-corrected chi connectivity index (χ3v) is 8.64. The predicted octanol–water partition coefficient (Wildman–Crippen LogP) is 6.43. The van der Waals surface area contributed by atoms with Crippen molar-refractivity contribution in [2.45, 2.75) is 66.2 Å². The molecule has 0 spiro atoms. The molecule has 4 rings (SSSR count). The maximum atomic E-state index is 14.3. The van der Waals surface area contributed by atoms with E-state index in [0.717, 1.165) is 29.3 Å². The van der Waals surface area contributed by atoms with Gasteiger partial charge in [0.1, 0.15) is 29.7 Å². The number of nitrogens with one attached hydrogen (secondary N) is 1. The molecule has 2 aromatic carbocycles. The number of rotatable bonds is 16. The second kappa shape index (κ2) is 14.8. The zero-order chi connectivity index (χ0) is 31.0. The number of esters is 1. The number of carbonyl (C=O) groups is 1. The second-order valence-corrected chi connectivity index (χ2v) is 12.3. The van der Waals surface area contributed by atoms with Crippen molar-refractivity contribution in [3.63, 3.8) is 0 Å². The van der Waals surface area contributed by atoms with Crippen molar-refractivity contribution in [3.05, 3.63) is 60.4 Å². The average molecular weight is 612 g/mol. The van der Waals surface area contributed by atoms with Crippen LogP contribution in [0.3, 0.4) is 0 Å². The summed E-state index contributed by atoms with van der Waals surface area (Å²) in [6.07, 6.45) is 1.62. The molecule has 0 aliphatic carbocycles. The van der Waals surface area contributed by atoms with Crippen LogP contribution >= 0.6 is 7.75 Å². The minimum absolute atomic E-state index is 0.00691. The monoisotopic (exact) mass is 611 g/mol. The van der Waals surface area contributed by atoms with Gasteiger partial charge in [-0.05, 0) is 44.4 Å². The van der Waals surface area contributed by atoms with Gasteiger partial charge >= 0.3 is 13.7 Å². The number of nitrogen functional groups attached to an aromatic ring is 1. The van der Waals surface area contributed by atoms with E-state index < -0.39 is 19.8 Å². The molecule has 3 atom stereocenters. The van der Waals surface area contributed by atoms with Crippen molar-refractivity contribution >= 4 is 41.5 Å². The highest BCUT2D eigenvalue weighted by Gasteiger charge is 2.35. The molecule has 0 amide bonds. The maximum absolute atomic E-state index is 14.3. The van der Waals surface area contributed by atoms with E-state index in [1.165, 1.54) is 0 Å². The summed E-state index contributed by atoms with van der Waals surface area (Å²) in [5, 5.41) is 3.66. The molecule has 4 aromatic rings. The lowest BCUT2D eigenvalue weighted by Crippen LogP contribution is -2.36. The van der Waals surface area contributed by atoms with Crippen LogP contribution in [0.1, 0.15) is 59.3 Å². The molecule has 2 aromatic heterocycles. The highest BCUT2D eigenvalue weighted by Crippen LogP contribution is 2.46. The van der Waals surface area contributed by atoms with Gasteiger partial charge in [-0.1, -0.05) is 63.6 Å². The third kappa shape index (κ3) is 7.92. The summed E-state index contributed by atoms with van der Waals surface area (Å²) in [5.41, 5.74) is 8.47. The number of hydrogen-bond acceptors (Lipinski definition) is 9. The number of nitrogens with zero attached hydrogens (tertiary/aromatic N) is 3. The van der Waals surface area contributed by atoms with Gasteiger partial charge in [-0.15, -0.1) is 0 Å². The van der Waals surface area contributed by atoms with Crippen molar-refractivity contribution < 1.29 is 27.9 Å². The smallest absolute Gasteiger partial charge is 0.459 e. The molecule has 0 saturated heterocycles. The highest BCUT2D eigenvalue weighted by atomic mass is 31.2. The van der Waals surface area contributed by atoms with Gasteiger partial charge in [-0.2, -0.15) is 5.09 Å². The Morgan fingerprint density at radius 2 is 1.77 bits per heavy atom. The Morgan fingerprint density at radius 3 is 2.47 bits per heavy atom. The van der Waals surface area contributed by atoms with Crippen molar-refractivity contribution in [3.8, 4) is 5.75 Å². The number of aromatic nitrogens is 3. The third-order valence-electron chi connectivity index (χ3n) is 6.99. The molecule has 43 heavy (non-hydrogen) atoms.